The van der Waals surface area contributed by atoms with Crippen LogP contribution in [0.5, 0.6) is 0 Å². The zero-order chi connectivity index (χ0) is 12.8. The number of halogens is 1. The minimum Gasteiger partial charge on any atom is -0.470 e. The summed E-state index contributed by atoms with van der Waals surface area (Å²) in [4.78, 5) is 17.0. The molecule has 94 valence electrons. The van der Waals surface area contributed by atoms with Gasteiger partial charge in [0.15, 0.2) is 17.5 Å². The molecule has 3 nitrogen and oxygen atoms in total. The minimum atomic E-state index is -0.816. The predicted molar refractivity (Wildman–Crippen MR) is 70.0 cm³/mol. The molecule has 0 aromatic heterocycles. The molecule has 1 saturated carbocycles. The molecular formula is C14H14ClNO2. The highest BCUT2D eigenvalue weighted by atomic mass is 35.5. The van der Waals surface area contributed by atoms with E-state index in [4.69, 9.17) is 16.3 Å². The Morgan fingerprint density at radius 1 is 1.44 bits per heavy atom. The molecule has 0 radical (unpaired) electrons. The lowest BCUT2D eigenvalue weighted by molar-refractivity contribution is -0.137. The molecular weight excluding hydrogens is 250 g/mol. The lowest BCUT2D eigenvalue weighted by atomic mass is 9.74. The summed E-state index contributed by atoms with van der Waals surface area (Å²) in [5.74, 6) is 0.631. The van der Waals surface area contributed by atoms with Gasteiger partial charge in [-0.05, 0) is 25.3 Å². The summed E-state index contributed by atoms with van der Waals surface area (Å²) in [6.45, 7) is 1.80. The van der Waals surface area contributed by atoms with Gasteiger partial charge >= 0.3 is 0 Å². The SMILES string of the molecule is CC1=NC2(c3ccccc3Cl)CCCC(O1)C2=O. The maximum absolute atomic E-state index is 12.5. The summed E-state index contributed by atoms with van der Waals surface area (Å²) in [5, 5.41) is 0.602. The monoisotopic (exact) mass is 263 g/mol. The van der Waals surface area contributed by atoms with Crippen LogP contribution in [0.25, 0.3) is 0 Å². The van der Waals surface area contributed by atoms with Crippen LogP contribution in [0.2, 0.25) is 5.02 Å². The van der Waals surface area contributed by atoms with E-state index in [9.17, 15) is 4.79 Å². The van der Waals surface area contributed by atoms with E-state index in [-0.39, 0.29) is 11.9 Å². The zero-order valence-corrected chi connectivity index (χ0v) is 10.9. The number of Topliss-reactive ketones (excluding diaryl/α,β-unsaturated/α-hetero) is 1. The fourth-order valence-electron chi connectivity index (χ4n) is 2.91. The van der Waals surface area contributed by atoms with Gasteiger partial charge in [-0.15, -0.1) is 0 Å². The lowest BCUT2D eigenvalue weighted by Crippen LogP contribution is -2.50. The summed E-state index contributed by atoms with van der Waals surface area (Å²) in [6.07, 6.45) is 2.07. The molecule has 1 aliphatic carbocycles. The second-order valence-corrected chi connectivity index (χ2v) is 5.24. The zero-order valence-electron chi connectivity index (χ0n) is 10.1. The Morgan fingerprint density at radius 3 is 3.00 bits per heavy atom. The summed E-state index contributed by atoms with van der Waals surface area (Å²) in [5.41, 5.74) is -0.00660. The number of fused-ring (bicyclic) bond motifs is 2. The van der Waals surface area contributed by atoms with Crippen LogP contribution in [0.3, 0.4) is 0 Å². The molecule has 2 aliphatic rings. The van der Waals surface area contributed by atoms with Crippen molar-refractivity contribution in [2.45, 2.75) is 37.8 Å². The molecule has 2 unspecified atom stereocenters. The van der Waals surface area contributed by atoms with Crippen LogP contribution in [-0.2, 0) is 15.1 Å². The fraction of sp³-hybridized carbons (Fsp3) is 0.429. The van der Waals surface area contributed by atoms with Gasteiger partial charge in [0, 0.05) is 17.5 Å². The molecule has 1 aromatic carbocycles. The molecule has 3 rings (SSSR count). The van der Waals surface area contributed by atoms with Gasteiger partial charge in [-0.25, -0.2) is 4.99 Å². The number of rotatable bonds is 1. The van der Waals surface area contributed by atoms with Crippen molar-refractivity contribution in [3.8, 4) is 0 Å². The van der Waals surface area contributed by atoms with Gasteiger partial charge in [-0.2, -0.15) is 0 Å². The highest BCUT2D eigenvalue weighted by Crippen LogP contribution is 2.44. The van der Waals surface area contributed by atoms with Crippen molar-refractivity contribution >= 4 is 23.3 Å². The summed E-state index contributed by atoms with van der Waals surface area (Å²) >= 11 is 6.25. The van der Waals surface area contributed by atoms with Crippen molar-refractivity contribution < 1.29 is 9.53 Å². The molecule has 0 spiro atoms. The fourth-order valence-corrected chi connectivity index (χ4v) is 3.20. The third-order valence-electron chi connectivity index (χ3n) is 3.69. The quantitative estimate of drug-likeness (QED) is 0.781. The average Bonchev–Trinajstić information content (AvgIpc) is 2.32. The number of nitrogens with zero attached hydrogens (tertiary/aromatic N) is 1. The smallest absolute Gasteiger partial charge is 0.205 e. The molecule has 1 aliphatic heterocycles. The van der Waals surface area contributed by atoms with E-state index in [0.717, 1.165) is 18.4 Å². The van der Waals surface area contributed by atoms with Gasteiger partial charge in [0.1, 0.15) is 0 Å². The molecule has 0 N–H and O–H groups in total. The molecule has 18 heavy (non-hydrogen) atoms. The van der Waals surface area contributed by atoms with Gasteiger partial charge in [0.05, 0.1) is 0 Å². The Balaban J connectivity index is 2.20. The van der Waals surface area contributed by atoms with Gasteiger partial charge < -0.3 is 4.74 Å². The second-order valence-electron chi connectivity index (χ2n) is 4.83. The molecule has 0 saturated heterocycles. The topological polar surface area (TPSA) is 38.7 Å². The molecule has 1 aromatic rings. The summed E-state index contributed by atoms with van der Waals surface area (Å²) < 4.78 is 5.51. The highest BCUT2D eigenvalue weighted by Gasteiger charge is 2.50. The molecule has 1 heterocycles. The predicted octanol–water partition coefficient (Wildman–Crippen LogP) is 3.11. The van der Waals surface area contributed by atoms with Crippen molar-refractivity contribution in [3.05, 3.63) is 34.9 Å². The highest BCUT2D eigenvalue weighted by molar-refractivity contribution is 6.32. The Labute approximate surface area is 111 Å². The van der Waals surface area contributed by atoms with E-state index in [0.29, 0.717) is 17.3 Å². The van der Waals surface area contributed by atoms with E-state index < -0.39 is 5.54 Å². The third kappa shape index (κ3) is 1.57. The van der Waals surface area contributed by atoms with Crippen molar-refractivity contribution in [1.82, 2.24) is 0 Å². The maximum atomic E-state index is 12.5. The number of benzene rings is 1. The lowest BCUT2D eigenvalue weighted by Gasteiger charge is -2.40. The first-order valence-electron chi connectivity index (χ1n) is 6.16. The van der Waals surface area contributed by atoms with Gasteiger partial charge in [0.2, 0.25) is 5.78 Å². The molecule has 4 heteroatoms. The van der Waals surface area contributed by atoms with Crippen LogP contribution < -0.4 is 0 Å². The van der Waals surface area contributed by atoms with Crippen LogP contribution in [0, 0.1) is 0 Å². The van der Waals surface area contributed by atoms with Crippen molar-refractivity contribution in [2.75, 3.05) is 0 Å². The molecule has 2 bridgehead atoms. The van der Waals surface area contributed by atoms with E-state index in [1.165, 1.54) is 0 Å². The number of hydrogen-bond donors (Lipinski definition) is 0. The number of hydrogen-bond acceptors (Lipinski definition) is 3. The van der Waals surface area contributed by atoms with Crippen LogP contribution in [0.4, 0.5) is 0 Å². The Morgan fingerprint density at radius 2 is 2.22 bits per heavy atom. The Bertz CT molecular complexity index is 540. The standard InChI is InChI=1S/C14H14ClNO2/c1-9-16-14(10-5-2-3-6-11(10)15)8-4-7-12(18-9)13(14)17/h2-3,5-6,12H,4,7-8H2,1H3. The summed E-state index contributed by atoms with van der Waals surface area (Å²) in [7, 11) is 0. The first-order chi connectivity index (χ1) is 8.63. The minimum absolute atomic E-state index is 0.0486. The number of ether oxygens (including phenoxy) is 1. The van der Waals surface area contributed by atoms with E-state index in [2.05, 4.69) is 4.99 Å². The first-order valence-corrected chi connectivity index (χ1v) is 6.54. The largest absolute Gasteiger partial charge is 0.470 e. The van der Waals surface area contributed by atoms with Crippen molar-refractivity contribution in [3.63, 3.8) is 0 Å². The van der Waals surface area contributed by atoms with Gasteiger partial charge in [-0.3, -0.25) is 4.79 Å². The Kier molecular flexibility index (Phi) is 2.67. The Hall–Kier alpha value is -1.35. The summed E-state index contributed by atoms with van der Waals surface area (Å²) in [6, 6.07) is 7.46. The number of ketones is 1. The second kappa shape index (κ2) is 4.09. The maximum Gasteiger partial charge on any atom is 0.205 e. The number of aliphatic imine (C=N–C) groups is 1. The van der Waals surface area contributed by atoms with Crippen LogP contribution in [0.15, 0.2) is 29.3 Å². The molecule has 0 amide bonds. The number of carbonyl (C=O) groups is 1. The van der Waals surface area contributed by atoms with E-state index in [1.54, 1.807) is 6.92 Å². The van der Waals surface area contributed by atoms with Gasteiger partial charge in [0.25, 0.3) is 0 Å². The average molecular weight is 264 g/mol. The first kappa shape index (κ1) is 11.7. The normalized spacial score (nSPS) is 30.7. The van der Waals surface area contributed by atoms with Crippen LogP contribution in [0.1, 0.15) is 31.7 Å². The molecule has 1 fully saturated rings. The van der Waals surface area contributed by atoms with Crippen LogP contribution >= 0.6 is 11.6 Å². The van der Waals surface area contributed by atoms with Crippen molar-refractivity contribution in [2.24, 2.45) is 4.99 Å². The number of carbonyl (C=O) groups excluding carboxylic acids is 1. The van der Waals surface area contributed by atoms with Gasteiger partial charge in [-0.1, -0.05) is 29.8 Å². The van der Waals surface area contributed by atoms with E-state index in [1.807, 2.05) is 24.3 Å². The van der Waals surface area contributed by atoms with Crippen molar-refractivity contribution in [1.29, 1.82) is 0 Å². The third-order valence-corrected chi connectivity index (χ3v) is 4.02. The van der Waals surface area contributed by atoms with E-state index >= 15 is 0 Å². The molecule has 2 atom stereocenters. The van der Waals surface area contributed by atoms with Crippen LogP contribution in [-0.4, -0.2) is 17.8 Å².